The quantitative estimate of drug-likeness (QED) is 0.624. The lowest BCUT2D eigenvalue weighted by Gasteiger charge is -2.40. The van der Waals surface area contributed by atoms with Gasteiger partial charge in [-0.3, -0.25) is 0 Å². The monoisotopic (exact) mass is 242 g/mol. The molecule has 0 amide bonds. The Balaban J connectivity index is 2.33. The summed E-state index contributed by atoms with van der Waals surface area (Å²) in [4.78, 5) is 2.45. The van der Waals surface area contributed by atoms with E-state index in [9.17, 15) is 0 Å². The number of nitrogens with zero attached hydrogens (tertiary/aromatic N) is 1. The Morgan fingerprint density at radius 1 is 1.47 bits per heavy atom. The van der Waals surface area contributed by atoms with Gasteiger partial charge in [-0.2, -0.15) is 0 Å². The highest BCUT2D eigenvalue weighted by Gasteiger charge is 2.31. The summed E-state index contributed by atoms with van der Waals surface area (Å²) in [5.74, 6) is 0.780. The largest absolute Gasteiger partial charge is 0.329 e. The van der Waals surface area contributed by atoms with Gasteiger partial charge in [0.2, 0.25) is 0 Å². The Labute approximate surface area is 106 Å². The molecular weight excluding hydrogens is 212 g/mol. The fourth-order valence-electron chi connectivity index (χ4n) is 2.61. The van der Waals surface area contributed by atoms with Gasteiger partial charge >= 0.3 is 0 Å². The van der Waals surface area contributed by atoms with Crippen LogP contribution in [-0.2, 0) is 0 Å². The number of piperidine rings is 1. The second-order valence-corrected chi connectivity index (χ2v) is 6.22. The Morgan fingerprint density at radius 3 is 2.76 bits per heavy atom. The molecule has 0 bridgehead atoms. The van der Waals surface area contributed by atoms with Gasteiger partial charge in [0.05, 0.1) is 0 Å². The molecule has 4 nitrogen and oxygen atoms in total. The molecule has 2 unspecified atom stereocenters. The van der Waals surface area contributed by atoms with Gasteiger partial charge in [0.1, 0.15) is 0 Å². The number of nitrogens with one attached hydrogen (secondary N) is 1. The summed E-state index contributed by atoms with van der Waals surface area (Å²) >= 11 is 0. The third-order valence-corrected chi connectivity index (χ3v) is 4.02. The summed E-state index contributed by atoms with van der Waals surface area (Å²) in [7, 11) is 2.22. The van der Waals surface area contributed by atoms with Crippen molar-refractivity contribution in [1.29, 1.82) is 0 Å². The van der Waals surface area contributed by atoms with Crippen molar-refractivity contribution in [3.05, 3.63) is 0 Å². The van der Waals surface area contributed by atoms with Gasteiger partial charge in [-0.05, 0) is 37.8 Å². The van der Waals surface area contributed by atoms with E-state index in [2.05, 4.69) is 31.1 Å². The molecule has 0 saturated carbocycles. The lowest BCUT2D eigenvalue weighted by molar-refractivity contribution is 0.103. The van der Waals surface area contributed by atoms with Gasteiger partial charge in [0.15, 0.2) is 0 Å². The minimum absolute atomic E-state index is 0.0832. The Bertz CT molecular complexity index is 217. The van der Waals surface area contributed by atoms with E-state index in [1.807, 2.05) is 0 Å². The summed E-state index contributed by atoms with van der Waals surface area (Å²) in [5, 5.41) is 3.46. The molecule has 0 aromatic heterocycles. The zero-order valence-corrected chi connectivity index (χ0v) is 11.7. The normalized spacial score (nSPS) is 24.9. The molecule has 0 radical (unpaired) electrons. The van der Waals surface area contributed by atoms with Gasteiger partial charge in [-0.15, -0.1) is 0 Å². The highest BCUT2D eigenvalue weighted by molar-refractivity contribution is 4.85. The molecule has 0 aliphatic carbocycles. The number of rotatable bonds is 6. The maximum atomic E-state index is 5.81. The second kappa shape index (κ2) is 6.69. The van der Waals surface area contributed by atoms with E-state index in [4.69, 9.17) is 11.5 Å². The number of hydrogen-bond acceptors (Lipinski definition) is 4. The van der Waals surface area contributed by atoms with Gasteiger partial charge in [0.25, 0.3) is 0 Å². The molecule has 17 heavy (non-hydrogen) atoms. The first-order valence-electron chi connectivity index (χ1n) is 6.80. The van der Waals surface area contributed by atoms with Crippen molar-refractivity contribution in [1.82, 2.24) is 10.2 Å². The number of hydrogen-bond donors (Lipinski definition) is 3. The first-order chi connectivity index (χ1) is 7.95. The van der Waals surface area contributed by atoms with Gasteiger partial charge in [-0.1, -0.05) is 13.8 Å². The van der Waals surface area contributed by atoms with E-state index in [0.29, 0.717) is 12.0 Å². The van der Waals surface area contributed by atoms with Crippen LogP contribution < -0.4 is 16.8 Å². The second-order valence-electron chi connectivity index (χ2n) is 6.22. The van der Waals surface area contributed by atoms with E-state index in [0.717, 1.165) is 19.0 Å². The van der Waals surface area contributed by atoms with E-state index in [1.165, 1.54) is 25.9 Å². The first kappa shape index (κ1) is 14.9. The average Bonchev–Trinajstić information content (AvgIpc) is 2.28. The Hall–Kier alpha value is -0.160. The van der Waals surface area contributed by atoms with Crippen LogP contribution in [0, 0.1) is 11.3 Å². The summed E-state index contributed by atoms with van der Waals surface area (Å²) in [5.41, 5.74) is 11.7. The third kappa shape index (κ3) is 4.92. The van der Waals surface area contributed by atoms with Crippen LogP contribution in [0.4, 0.5) is 0 Å². The van der Waals surface area contributed by atoms with Gasteiger partial charge < -0.3 is 21.7 Å². The highest BCUT2D eigenvalue weighted by Crippen LogP contribution is 2.32. The van der Waals surface area contributed by atoms with Crippen LogP contribution in [0.25, 0.3) is 0 Å². The maximum absolute atomic E-state index is 5.81. The van der Waals surface area contributed by atoms with Crippen LogP contribution in [0.15, 0.2) is 0 Å². The van der Waals surface area contributed by atoms with Crippen LogP contribution in [0.3, 0.4) is 0 Å². The minimum atomic E-state index is 0.0832. The molecule has 102 valence electrons. The van der Waals surface area contributed by atoms with Crippen molar-refractivity contribution in [2.24, 2.45) is 22.8 Å². The zero-order chi connectivity index (χ0) is 12.9. The van der Waals surface area contributed by atoms with Gasteiger partial charge in [0, 0.05) is 32.2 Å². The summed E-state index contributed by atoms with van der Waals surface area (Å²) in [6.07, 6.45) is 2.68. The van der Waals surface area contributed by atoms with Crippen LogP contribution in [0.5, 0.6) is 0 Å². The van der Waals surface area contributed by atoms with Crippen molar-refractivity contribution in [3.63, 3.8) is 0 Å². The molecule has 1 fully saturated rings. The molecule has 1 aliphatic heterocycles. The van der Waals surface area contributed by atoms with Crippen molar-refractivity contribution >= 4 is 0 Å². The van der Waals surface area contributed by atoms with Crippen molar-refractivity contribution < 1.29 is 0 Å². The Morgan fingerprint density at radius 2 is 2.18 bits per heavy atom. The van der Waals surface area contributed by atoms with E-state index < -0.39 is 0 Å². The van der Waals surface area contributed by atoms with Crippen LogP contribution in [0.1, 0.15) is 26.7 Å². The lowest BCUT2D eigenvalue weighted by Crippen LogP contribution is -2.47. The number of nitrogens with two attached hydrogens (primary N) is 2. The smallest absolute Gasteiger partial charge is 0.0290 e. The molecule has 5 N–H and O–H groups in total. The highest BCUT2D eigenvalue weighted by atomic mass is 15.1. The first-order valence-corrected chi connectivity index (χ1v) is 6.80. The molecule has 4 heteroatoms. The topological polar surface area (TPSA) is 67.3 Å². The summed E-state index contributed by atoms with van der Waals surface area (Å²) < 4.78 is 0. The Kier molecular flexibility index (Phi) is 5.86. The third-order valence-electron chi connectivity index (χ3n) is 4.02. The SMILES string of the molecule is CN1CCCC(C(C)(C)CNCC(N)CN)C1. The van der Waals surface area contributed by atoms with E-state index in [1.54, 1.807) is 0 Å². The molecule has 1 aliphatic rings. The standard InChI is InChI=1S/C13H30N4/c1-13(2,10-16-8-12(15)7-14)11-5-4-6-17(3)9-11/h11-12,16H,4-10,14-15H2,1-3H3. The van der Waals surface area contributed by atoms with Crippen LogP contribution in [-0.4, -0.2) is 50.7 Å². The molecular formula is C13H30N4. The van der Waals surface area contributed by atoms with E-state index in [-0.39, 0.29) is 6.04 Å². The fraction of sp³-hybridized carbons (Fsp3) is 1.00. The molecule has 1 rings (SSSR count). The predicted molar refractivity (Wildman–Crippen MR) is 73.9 cm³/mol. The summed E-state index contributed by atoms with van der Waals surface area (Å²) in [6, 6.07) is 0.0832. The van der Waals surface area contributed by atoms with Crippen molar-refractivity contribution in [2.75, 3.05) is 39.8 Å². The molecule has 0 spiro atoms. The molecule has 0 aromatic carbocycles. The molecule has 1 heterocycles. The van der Waals surface area contributed by atoms with Crippen molar-refractivity contribution in [2.45, 2.75) is 32.7 Å². The fourth-order valence-corrected chi connectivity index (χ4v) is 2.61. The average molecular weight is 242 g/mol. The molecule has 0 aromatic rings. The maximum Gasteiger partial charge on any atom is 0.0290 e. The zero-order valence-electron chi connectivity index (χ0n) is 11.7. The van der Waals surface area contributed by atoms with Crippen LogP contribution >= 0.6 is 0 Å². The molecule has 2 atom stereocenters. The lowest BCUT2D eigenvalue weighted by atomic mass is 9.74. The van der Waals surface area contributed by atoms with E-state index >= 15 is 0 Å². The summed E-state index contributed by atoms with van der Waals surface area (Å²) in [6.45, 7) is 9.59. The number of likely N-dealkylation sites (tertiary alicyclic amines) is 1. The predicted octanol–water partition coefficient (Wildman–Crippen LogP) is 0.230. The van der Waals surface area contributed by atoms with Crippen LogP contribution in [0.2, 0.25) is 0 Å². The van der Waals surface area contributed by atoms with Gasteiger partial charge in [-0.25, -0.2) is 0 Å². The minimum Gasteiger partial charge on any atom is -0.329 e. The van der Waals surface area contributed by atoms with Crippen molar-refractivity contribution in [3.8, 4) is 0 Å². The molecule has 1 saturated heterocycles.